The predicted octanol–water partition coefficient (Wildman–Crippen LogP) is 3.14. The number of hydrogen-bond donors (Lipinski definition) is 1. The number of anilines is 2. The first kappa shape index (κ1) is 14.9. The second-order valence-corrected chi connectivity index (χ2v) is 5.79. The lowest BCUT2D eigenvalue weighted by atomic mass is 10.2. The maximum atomic E-state index is 9.10. The molecule has 0 bridgehead atoms. The minimum Gasteiger partial charge on any atom is -0.296 e. The molecule has 0 saturated heterocycles. The Bertz CT molecular complexity index is 655. The largest absolute Gasteiger partial charge is 0.296 e. The number of nitriles is 1. The van der Waals surface area contributed by atoms with Crippen molar-refractivity contribution < 1.29 is 0 Å². The summed E-state index contributed by atoms with van der Waals surface area (Å²) in [5, 5.41) is 11.6. The Morgan fingerprint density at radius 1 is 1.40 bits per heavy atom. The van der Waals surface area contributed by atoms with Gasteiger partial charge in [-0.3, -0.25) is 10.4 Å². The molecule has 20 heavy (non-hydrogen) atoms. The molecule has 0 aliphatic rings. The summed E-state index contributed by atoms with van der Waals surface area (Å²) in [6.45, 7) is 0. The lowest BCUT2D eigenvalue weighted by Gasteiger charge is -2.22. The Hall–Kier alpha value is -1.53. The number of thioether (sulfide) groups is 1. The van der Waals surface area contributed by atoms with Crippen LogP contribution in [0.3, 0.4) is 0 Å². The molecule has 0 spiro atoms. The Balaban J connectivity index is 2.28. The molecule has 0 aliphatic heterocycles. The van der Waals surface area contributed by atoms with Crippen molar-refractivity contribution in [1.82, 2.24) is 9.97 Å². The van der Waals surface area contributed by atoms with Gasteiger partial charge >= 0.3 is 0 Å². The van der Waals surface area contributed by atoms with Crippen LogP contribution in [0.2, 0.25) is 0 Å². The van der Waals surface area contributed by atoms with E-state index in [4.69, 9.17) is 5.26 Å². The van der Waals surface area contributed by atoms with Crippen molar-refractivity contribution >= 4 is 45.9 Å². The molecular formula is C13H12IN5S. The molecule has 0 unspecified atom stereocenters. The fourth-order valence-electron chi connectivity index (χ4n) is 1.59. The normalized spacial score (nSPS) is 9.90. The van der Waals surface area contributed by atoms with E-state index in [9.17, 15) is 0 Å². The van der Waals surface area contributed by atoms with Crippen LogP contribution in [0.25, 0.3) is 0 Å². The second-order valence-electron chi connectivity index (χ2n) is 3.86. The molecule has 1 aromatic carbocycles. The van der Waals surface area contributed by atoms with E-state index in [1.807, 2.05) is 31.5 Å². The molecule has 0 radical (unpaired) electrons. The zero-order valence-electron chi connectivity index (χ0n) is 11.0. The summed E-state index contributed by atoms with van der Waals surface area (Å²) < 4.78 is 0.935. The summed E-state index contributed by atoms with van der Waals surface area (Å²) in [5.41, 5.74) is 4.52. The maximum absolute atomic E-state index is 9.10. The Labute approximate surface area is 135 Å². The van der Waals surface area contributed by atoms with Crippen LogP contribution in [0.4, 0.5) is 11.5 Å². The lowest BCUT2D eigenvalue weighted by Crippen LogP contribution is -2.27. The van der Waals surface area contributed by atoms with Crippen LogP contribution in [-0.4, -0.2) is 23.3 Å². The van der Waals surface area contributed by atoms with Crippen LogP contribution >= 0.6 is 34.4 Å². The van der Waals surface area contributed by atoms with Gasteiger partial charge in [0, 0.05) is 13.2 Å². The van der Waals surface area contributed by atoms with Gasteiger partial charge < -0.3 is 0 Å². The average Bonchev–Trinajstić information content (AvgIpc) is 2.48. The summed E-state index contributed by atoms with van der Waals surface area (Å²) in [6, 6.07) is 9.52. The first-order chi connectivity index (χ1) is 9.65. The van der Waals surface area contributed by atoms with Crippen LogP contribution in [0, 0.1) is 14.9 Å². The molecule has 2 rings (SSSR count). The third-order valence-electron chi connectivity index (χ3n) is 2.54. The molecule has 0 saturated carbocycles. The SMILES string of the molecule is CSc1ncc(I)c(N(C)Nc2ccccc2C#N)n1. The van der Waals surface area contributed by atoms with Crippen LogP contribution in [0.15, 0.2) is 35.6 Å². The number of hydrazine groups is 1. The minimum atomic E-state index is 0.591. The molecule has 102 valence electrons. The van der Waals surface area contributed by atoms with Gasteiger partial charge in [0.15, 0.2) is 11.0 Å². The number of hydrogen-bond acceptors (Lipinski definition) is 6. The second kappa shape index (κ2) is 6.76. The highest BCUT2D eigenvalue weighted by atomic mass is 127. The molecule has 0 aliphatic carbocycles. The van der Waals surface area contributed by atoms with Crippen molar-refractivity contribution in [3.05, 3.63) is 39.6 Å². The zero-order chi connectivity index (χ0) is 14.5. The minimum absolute atomic E-state index is 0.591. The standard InChI is InChI=1S/C13H12IN5S/c1-19(12-10(14)8-16-13(17-12)20-2)18-11-6-4-3-5-9(11)7-15/h3-6,8,18H,1-2H3. The topological polar surface area (TPSA) is 64.8 Å². The van der Waals surface area contributed by atoms with Gasteiger partial charge in [0.1, 0.15) is 6.07 Å². The number of rotatable bonds is 4. The summed E-state index contributed by atoms with van der Waals surface area (Å²) in [4.78, 5) is 8.69. The predicted molar refractivity (Wildman–Crippen MR) is 89.7 cm³/mol. The summed E-state index contributed by atoms with van der Waals surface area (Å²) in [5.74, 6) is 0.776. The molecule has 0 fully saturated rings. The Morgan fingerprint density at radius 3 is 2.85 bits per heavy atom. The van der Waals surface area contributed by atoms with Crippen molar-refractivity contribution in [2.24, 2.45) is 0 Å². The average molecular weight is 397 g/mol. The molecular weight excluding hydrogens is 385 g/mol. The maximum Gasteiger partial charge on any atom is 0.189 e. The van der Waals surface area contributed by atoms with Crippen molar-refractivity contribution in [3.8, 4) is 6.07 Å². The summed E-state index contributed by atoms with van der Waals surface area (Å²) in [7, 11) is 1.86. The highest BCUT2D eigenvalue weighted by Crippen LogP contribution is 2.23. The molecule has 7 heteroatoms. The zero-order valence-corrected chi connectivity index (χ0v) is 13.9. The lowest BCUT2D eigenvalue weighted by molar-refractivity contribution is 0.913. The highest BCUT2D eigenvalue weighted by molar-refractivity contribution is 14.1. The number of aromatic nitrogens is 2. The van der Waals surface area contributed by atoms with Gasteiger partial charge in [-0.2, -0.15) is 5.26 Å². The molecule has 2 aromatic rings. The van der Waals surface area contributed by atoms with E-state index in [1.165, 1.54) is 11.8 Å². The molecule has 1 N–H and O–H groups in total. The van der Waals surface area contributed by atoms with Crippen molar-refractivity contribution in [1.29, 1.82) is 5.26 Å². The molecule has 1 heterocycles. The van der Waals surface area contributed by atoms with Crippen molar-refractivity contribution in [2.45, 2.75) is 5.16 Å². The molecule has 1 aromatic heterocycles. The van der Waals surface area contributed by atoms with Gasteiger partial charge in [-0.25, -0.2) is 9.97 Å². The van der Waals surface area contributed by atoms with E-state index in [0.717, 1.165) is 15.1 Å². The first-order valence-electron chi connectivity index (χ1n) is 5.71. The number of nitrogens with zero attached hydrogens (tertiary/aromatic N) is 4. The van der Waals surface area contributed by atoms with Gasteiger partial charge in [-0.15, -0.1) is 0 Å². The quantitative estimate of drug-likeness (QED) is 0.370. The van der Waals surface area contributed by atoms with Crippen LogP contribution in [0.1, 0.15) is 5.56 Å². The number of halogens is 1. The van der Waals surface area contributed by atoms with Crippen molar-refractivity contribution in [2.75, 3.05) is 23.7 Å². The fraction of sp³-hybridized carbons (Fsp3) is 0.154. The van der Waals surface area contributed by atoms with Crippen LogP contribution in [0.5, 0.6) is 0 Å². The van der Waals surface area contributed by atoms with Gasteiger partial charge in [-0.1, -0.05) is 23.9 Å². The number of benzene rings is 1. The number of nitrogens with one attached hydrogen (secondary N) is 1. The highest BCUT2D eigenvalue weighted by Gasteiger charge is 2.11. The molecule has 5 nitrogen and oxygen atoms in total. The van der Waals surface area contributed by atoms with E-state index in [-0.39, 0.29) is 0 Å². The van der Waals surface area contributed by atoms with E-state index in [1.54, 1.807) is 17.3 Å². The van der Waals surface area contributed by atoms with E-state index in [2.05, 4.69) is 44.1 Å². The Kier molecular flexibility index (Phi) is 5.03. The Morgan fingerprint density at radius 2 is 2.15 bits per heavy atom. The smallest absolute Gasteiger partial charge is 0.189 e. The first-order valence-corrected chi connectivity index (χ1v) is 8.02. The number of para-hydroxylation sites is 1. The van der Waals surface area contributed by atoms with E-state index >= 15 is 0 Å². The van der Waals surface area contributed by atoms with Crippen LogP contribution < -0.4 is 10.4 Å². The van der Waals surface area contributed by atoms with Gasteiger partial charge in [-0.05, 0) is 41.0 Å². The molecule has 0 atom stereocenters. The van der Waals surface area contributed by atoms with Gasteiger partial charge in [0.2, 0.25) is 0 Å². The van der Waals surface area contributed by atoms with E-state index < -0.39 is 0 Å². The molecule has 0 amide bonds. The third-order valence-corrected chi connectivity index (χ3v) is 3.86. The summed E-state index contributed by atoms with van der Waals surface area (Å²) >= 11 is 3.68. The monoisotopic (exact) mass is 397 g/mol. The van der Waals surface area contributed by atoms with Gasteiger partial charge in [0.05, 0.1) is 14.8 Å². The summed E-state index contributed by atoms with van der Waals surface area (Å²) in [6.07, 6.45) is 3.72. The third kappa shape index (κ3) is 3.32. The van der Waals surface area contributed by atoms with Crippen LogP contribution in [-0.2, 0) is 0 Å². The van der Waals surface area contributed by atoms with E-state index in [0.29, 0.717) is 10.7 Å². The van der Waals surface area contributed by atoms with Crippen molar-refractivity contribution in [3.63, 3.8) is 0 Å². The fourth-order valence-corrected chi connectivity index (χ4v) is 2.55. The van der Waals surface area contributed by atoms with Gasteiger partial charge in [0.25, 0.3) is 0 Å².